The van der Waals surface area contributed by atoms with Crippen molar-refractivity contribution in [2.75, 3.05) is 37.5 Å². The van der Waals surface area contributed by atoms with Gasteiger partial charge in [0.15, 0.2) is 21.4 Å². The Bertz CT molecular complexity index is 1060. The first-order chi connectivity index (χ1) is 16.3. The number of imidazole rings is 1. The lowest BCUT2D eigenvalue weighted by Crippen LogP contribution is -2.57. The molecule has 0 aromatic carbocycles. The van der Waals surface area contributed by atoms with E-state index in [0.717, 1.165) is 67.9 Å². The van der Waals surface area contributed by atoms with E-state index in [1.54, 1.807) is 0 Å². The first-order valence-corrected chi connectivity index (χ1v) is 14.2. The standard InChI is InChI=1S/C23H33BrN6O3S/c1-5-23(2,3)33-22(31)29-14-8-9-15(29)12-28(11-14)19-17-18(26-21(27-19)34-4)25-20(24)30(17)16-7-6-10-32-13-16/h14-16H,5-13H2,1-4H3. The number of hydrogen-bond donors (Lipinski definition) is 0. The number of piperazine rings is 1. The molecule has 9 nitrogen and oxygen atoms in total. The van der Waals surface area contributed by atoms with Crippen LogP contribution in [0.1, 0.15) is 58.9 Å². The number of ether oxygens (including phenoxy) is 2. The number of thioether (sulfide) groups is 1. The Morgan fingerprint density at radius 1 is 1.18 bits per heavy atom. The maximum atomic E-state index is 13.1. The van der Waals surface area contributed by atoms with Gasteiger partial charge in [-0.1, -0.05) is 18.7 Å². The van der Waals surface area contributed by atoms with Crippen molar-refractivity contribution in [2.45, 2.75) is 81.8 Å². The van der Waals surface area contributed by atoms with Gasteiger partial charge >= 0.3 is 6.09 Å². The van der Waals surface area contributed by atoms with E-state index in [4.69, 9.17) is 24.4 Å². The van der Waals surface area contributed by atoms with Gasteiger partial charge in [-0.2, -0.15) is 0 Å². The van der Waals surface area contributed by atoms with E-state index in [1.165, 1.54) is 11.8 Å². The highest BCUT2D eigenvalue weighted by molar-refractivity contribution is 9.10. The molecule has 2 aromatic heterocycles. The number of halogens is 1. The third-order valence-electron chi connectivity index (χ3n) is 7.36. The third kappa shape index (κ3) is 4.39. The molecule has 0 N–H and O–H groups in total. The van der Waals surface area contributed by atoms with Crippen LogP contribution in [0.2, 0.25) is 0 Å². The van der Waals surface area contributed by atoms with Crippen LogP contribution in [0, 0.1) is 0 Å². The number of hydrogen-bond acceptors (Lipinski definition) is 8. The minimum Gasteiger partial charge on any atom is -0.443 e. The lowest BCUT2D eigenvalue weighted by molar-refractivity contribution is 0.000204. The number of aromatic nitrogens is 4. The number of fused-ring (bicyclic) bond motifs is 3. The van der Waals surface area contributed by atoms with E-state index in [2.05, 4.69) is 25.4 Å². The molecule has 3 unspecified atom stereocenters. The van der Waals surface area contributed by atoms with Crippen molar-refractivity contribution in [2.24, 2.45) is 0 Å². The highest BCUT2D eigenvalue weighted by atomic mass is 79.9. The Hall–Kier alpha value is -1.59. The number of nitrogens with zero attached hydrogens (tertiary/aromatic N) is 6. The lowest BCUT2D eigenvalue weighted by Gasteiger charge is -2.42. The molecule has 3 fully saturated rings. The number of rotatable bonds is 5. The van der Waals surface area contributed by atoms with Crippen LogP contribution in [0.4, 0.5) is 10.6 Å². The predicted octanol–water partition coefficient (Wildman–Crippen LogP) is 4.64. The molecule has 186 valence electrons. The number of carbonyl (C=O) groups excluding carboxylic acids is 1. The molecule has 5 heterocycles. The van der Waals surface area contributed by atoms with Gasteiger partial charge in [-0.25, -0.2) is 19.7 Å². The Balaban J connectivity index is 1.48. The second kappa shape index (κ2) is 9.46. The molecule has 3 aliphatic heterocycles. The zero-order chi connectivity index (χ0) is 24.0. The molecular weight excluding hydrogens is 520 g/mol. The second-order valence-corrected chi connectivity index (χ2v) is 11.5. The molecule has 1 amide bonds. The van der Waals surface area contributed by atoms with Crippen LogP contribution < -0.4 is 4.90 Å². The second-order valence-electron chi connectivity index (χ2n) is 10.0. The SMILES string of the molecule is CCC(C)(C)OC(=O)N1C2CCC1CN(c1nc(SC)nc3nc(Br)n(C4CCCOC4)c13)C2. The minimum atomic E-state index is -0.458. The van der Waals surface area contributed by atoms with Gasteiger partial charge in [-0.05, 0) is 68.1 Å². The molecule has 3 aliphatic rings. The first kappa shape index (κ1) is 24.1. The van der Waals surface area contributed by atoms with E-state index in [1.807, 2.05) is 31.9 Å². The van der Waals surface area contributed by atoms with Crippen molar-refractivity contribution in [1.82, 2.24) is 24.4 Å². The van der Waals surface area contributed by atoms with Crippen molar-refractivity contribution in [3.8, 4) is 0 Å². The van der Waals surface area contributed by atoms with Crippen molar-refractivity contribution in [3.63, 3.8) is 0 Å². The van der Waals surface area contributed by atoms with Gasteiger partial charge in [0.1, 0.15) is 11.1 Å². The Morgan fingerprint density at radius 2 is 1.91 bits per heavy atom. The fraction of sp³-hybridized carbons (Fsp3) is 0.739. The van der Waals surface area contributed by atoms with E-state index in [9.17, 15) is 4.79 Å². The molecule has 0 saturated carbocycles. The minimum absolute atomic E-state index is 0.111. The molecule has 0 aliphatic carbocycles. The molecule has 0 radical (unpaired) electrons. The summed E-state index contributed by atoms with van der Waals surface area (Å²) in [4.78, 5) is 31.8. The van der Waals surface area contributed by atoms with Gasteiger partial charge < -0.3 is 18.9 Å². The fourth-order valence-electron chi connectivity index (χ4n) is 5.25. The van der Waals surface area contributed by atoms with Crippen LogP contribution in [0.15, 0.2) is 9.89 Å². The summed E-state index contributed by atoms with van der Waals surface area (Å²) < 4.78 is 14.6. The van der Waals surface area contributed by atoms with E-state index in [0.29, 0.717) is 17.4 Å². The Morgan fingerprint density at radius 3 is 2.53 bits per heavy atom. The molecule has 5 rings (SSSR count). The third-order valence-corrected chi connectivity index (χ3v) is 8.46. The van der Waals surface area contributed by atoms with Crippen molar-refractivity contribution in [3.05, 3.63) is 4.73 Å². The average Bonchev–Trinajstić information content (AvgIpc) is 3.30. The molecule has 3 atom stereocenters. The molecule has 34 heavy (non-hydrogen) atoms. The summed E-state index contributed by atoms with van der Waals surface area (Å²) in [7, 11) is 0. The van der Waals surface area contributed by atoms with E-state index < -0.39 is 5.60 Å². The van der Waals surface area contributed by atoms with Gasteiger partial charge in [0.25, 0.3) is 0 Å². The van der Waals surface area contributed by atoms with Gasteiger partial charge in [0.2, 0.25) is 0 Å². The number of carbonyl (C=O) groups is 1. The summed E-state index contributed by atoms with van der Waals surface area (Å²) in [6.45, 7) is 8.90. The first-order valence-electron chi connectivity index (χ1n) is 12.1. The predicted molar refractivity (Wildman–Crippen MR) is 136 cm³/mol. The van der Waals surface area contributed by atoms with E-state index >= 15 is 0 Å². The summed E-state index contributed by atoms with van der Waals surface area (Å²) in [5.41, 5.74) is 1.19. The maximum absolute atomic E-state index is 13.1. The summed E-state index contributed by atoms with van der Waals surface area (Å²) in [6.07, 6.45) is 6.59. The molecule has 11 heteroatoms. The van der Waals surface area contributed by atoms with Crippen molar-refractivity contribution in [1.29, 1.82) is 0 Å². The van der Waals surface area contributed by atoms with Crippen molar-refractivity contribution < 1.29 is 14.3 Å². The lowest BCUT2D eigenvalue weighted by atomic mass is 10.1. The number of anilines is 1. The quantitative estimate of drug-likeness (QED) is 0.301. The highest BCUT2D eigenvalue weighted by Gasteiger charge is 2.45. The fourth-order valence-corrected chi connectivity index (χ4v) is 6.24. The monoisotopic (exact) mass is 552 g/mol. The van der Waals surface area contributed by atoms with Crippen LogP contribution in [0.5, 0.6) is 0 Å². The van der Waals surface area contributed by atoms with Crippen LogP contribution in [-0.2, 0) is 9.47 Å². The zero-order valence-electron chi connectivity index (χ0n) is 20.3. The topological polar surface area (TPSA) is 85.6 Å². The smallest absolute Gasteiger partial charge is 0.410 e. The molecular formula is C23H33BrN6O3S. The normalized spacial score (nSPS) is 25.3. The van der Waals surface area contributed by atoms with E-state index in [-0.39, 0.29) is 24.2 Å². The summed E-state index contributed by atoms with van der Waals surface area (Å²) in [5.74, 6) is 0.900. The van der Waals surface area contributed by atoms with Gasteiger partial charge in [-0.15, -0.1) is 0 Å². The average molecular weight is 554 g/mol. The summed E-state index contributed by atoms with van der Waals surface area (Å²) in [6, 6.07) is 0.416. The zero-order valence-corrected chi connectivity index (χ0v) is 22.7. The maximum Gasteiger partial charge on any atom is 0.410 e. The molecule has 3 saturated heterocycles. The van der Waals surface area contributed by atoms with Gasteiger partial charge in [0, 0.05) is 19.7 Å². The van der Waals surface area contributed by atoms with Gasteiger partial charge in [0.05, 0.1) is 24.7 Å². The summed E-state index contributed by atoms with van der Waals surface area (Å²) in [5, 5.41) is 0.707. The summed E-state index contributed by atoms with van der Waals surface area (Å²) >= 11 is 5.20. The van der Waals surface area contributed by atoms with Crippen LogP contribution in [0.3, 0.4) is 0 Å². The highest BCUT2D eigenvalue weighted by Crippen LogP contribution is 2.38. The Kier molecular flexibility index (Phi) is 6.71. The molecule has 0 spiro atoms. The van der Waals surface area contributed by atoms with Crippen LogP contribution >= 0.6 is 27.7 Å². The molecule has 2 aromatic rings. The largest absolute Gasteiger partial charge is 0.443 e. The van der Waals surface area contributed by atoms with Crippen LogP contribution in [-0.4, -0.2) is 80.8 Å². The van der Waals surface area contributed by atoms with Gasteiger partial charge in [-0.3, -0.25) is 4.90 Å². The molecule has 2 bridgehead atoms. The van der Waals surface area contributed by atoms with Crippen LogP contribution in [0.25, 0.3) is 11.2 Å². The Labute approximate surface area is 213 Å². The number of amides is 1. The van der Waals surface area contributed by atoms with Crippen molar-refractivity contribution >= 4 is 50.8 Å².